The lowest BCUT2D eigenvalue weighted by Crippen LogP contribution is -2.52. The molecule has 184 valence electrons. The summed E-state index contributed by atoms with van der Waals surface area (Å²) < 4.78 is 0. The standard InChI is InChI=1S/C28H29Cl3N2O2/c1-3-19(2)32-28(35)26(16-20-8-5-4-6-9-20)33(18-22-10-7-11-23(29)14-22)27(34)17-21-12-13-24(30)25(31)15-21/h4-15,19,26H,3,16-18H2,1-2H3,(H,32,35)/t19-,26-/m0/s1. The maximum absolute atomic E-state index is 13.7. The lowest BCUT2D eigenvalue weighted by Gasteiger charge is -2.32. The number of nitrogens with zero attached hydrogens (tertiary/aromatic N) is 1. The van der Waals surface area contributed by atoms with E-state index in [1.54, 1.807) is 29.2 Å². The van der Waals surface area contributed by atoms with Gasteiger partial charge < -0.3 is 10.2 Å². The van der Waals surface area contributed by atoms with Crippen LogP contribution in [0.4, 0.5) is 0 Å². The van der Waals surface area contributed by atoms with Crippen LogP contribution in [0.25, 0.3) is 0 Å². The van der Waals surface area contributed by atoms with Gasteiger partial charge >= 0.3 is 0 Å². The quantitative estimate of drug-likeness (QED) is 0.315. The Bertz CT molecular complexity index is 1150. The maximum Gasteiger partial charge on any atom is 0.243 e. The first-order valence-corrected chi connectivity index (χ1v) is 12.7. The molecule has 0 heterocycles. The Balaban J connectivity index is 1.98. The summed E-state index contributed by atoms with van der Waals surface area (Å²) in [5, 5.41) is 4.45. The molecule has 0 radical (unpaired) electrons. The average molecular weight is 532 g/mol. The molecule has 3 aromatic carbocycles. The molecule has 2 amide bonds. The fourth-order valence-electron chi connectivity index (χ4n) is 3.75. The fourth-order valence-corrected chi connectivity index (χ4v) is 4.29. The topological polar surface area (TPSA) is 49.4 Å². The Labute approximate surface area is 222 Å². The van der Waals surface area contributed by atoms with Crippen molar-refractivity contribution >= 4 is 46.6 Å². The van der Waals surface area contributed by atoms with Gasteiger partial charge in [-0.2, -0.15) is 0 Å². The summed E-state index contributed by atoms with van der Waals surface area (Å²) in [7, 11) is 0. The predicted molar refractivity (Wildman–Crippen MR) is 144 cm³/mol. The second-order valence-electron chi connectivity index (χ2n) is 8.60. The van der Waals surface area contributed by atoms with Gasteiger partial charge in [0.25, 0.3) is 0 Å². The molecule has 1 N–H and O–H groups in total. The molecule has 0 fully saturated rings. The van der Waals surface area contributed by atoms with E-state index in [1.807, 2.05) is 62.4 Å². The molecule has 4 nitrogen and oxygen atoms in total. The van der Waals surface area contributed by atoms with Gasteiger partial charge in [-0.25, -0.2) is 0 Å². The van der Waals surface area contributed by atoms with E-state index in [-0.39, 0.29) is 30.8 Å². The van der Waals surface area contributed by atoms with E-state index in [4.69, 9.17) is 34.8 Å². The lowest BCUT2D eigenvalue weighted by molar-refractivity contribution is -0.141. The van der Waals surface area contributed by atoms with E-state index in [2.05, 4.69) is 5.32 Å². The summed E-state index contributed by atoms with van der Waals surface area (Å²) in [6, 6.07) is 21.4. The third-order valence-corrected chi connectivity index (χ3v) is 6.83. The molecule has 0 aromatic heterocycles. The van der Waals surface area contributed by atoms with E-state index in [0.717, 1.165) is 23.1 Å². The van der Waals surface area contributed by atoms with Gasteiger partial charge in [0.05, 0.1) is 16.5 Å². The van der Waals surface area contributed by atoms with Crippen LogP contribution in [0.3, 0.4) is 0 Å². The van der Waals surface area contributed by atoms with Gasteiger partial charge in [-0.1, -0.05) is 90.3 Å². The van der Waals surface area contributed by atoms with Crippen molar-refractivity contribution in [2.45, 2.75) is 51.7 Å². The Morgan fingerprint density at radius 3 is 2.23 bits per heavy atom. The smallest absolute Gasteiger partial charge is 0.243 e. The number of benzene rings is 3. The van der Waals surface area contributed by atoms with Crippen molar-refractivity contribution in [1.82, 2.24) is 10.2 Å². The number of hydrogen-bond acceptors (Lipinski definition) is 2. The van der Waals surface area contributed by atoms with Gasteiger partial charge in [0.1, 0.15) is 6.04 Å². The van der Waals surface area contributed by atoms with Crippen LogP contribution in [0.15, 0.2) is 72.8 Å². The SMILES string of the molecule is CC[C@H](C)NC(=O)[C@H](Cc1ccccc1)N(Cc1cccc(Cl)c1)C(=O)Cc1ccc(Cl)c(Cl)c1. The third kappa shape index (κ3) is 7.99. The Morgan fingerprint density at radius 1 is 0.857 bits per heavy atom. The number of amides is 2. The first-order chi connectivity index (χ1) is 16.8. The molecule has 0 saturated heterocycles. The molecular weight excluding hydrogens is 503 g/mol. The highest BCUT2D eigenvalue weighted by Crippen LogP contribution is 2.24. The predicted octanol–water partition coefficient (Wildman–Crippen LogP) is 6.74. The molecular formula is C28H29Cl3N2O2. The molecule has 35 heavy (non-hydrogen) atoms. The number of halogens is 3. The minimum atomic E-state index is -0.708. The van der Waals surface area contributed by atoms with Crippen LogP contribution in [0.5, 0.6) is 0 Å². The van der Waals surface area contributed by atoms with Crippen molar-refractivity contribution in [2.75, 3.05) is 0 Å². The van der Waals surface area contributed by atoms with Gasteiger partial charge in [-0.3, -0.25) is 9.59 Å². The van der Waals surface area contributed by atoms with Gasteiger partial charge in [0.15, 0.2) is 0 Å². The zero-order valence-electron chi connectivity index (χ0n) is 19.8. The molecule has 3 aromatic rings. The van der Waals surface area contributed by atoms with Crippen LogP contribution in [-0.4, -0.2) is 28.8 Å². The molecule has 0 aliphatic carbocycles. The van der Waals surface area contributed by atoms with Crippen LogP contribution >= 0.6 is 34.8 Å². The number of nitrogens with one attached hydrogen (secondary N) is 1. The summed E-state index contributed by atoms with van der Waals surface area (Å²) in [6.45, 7) is 4.21. The first-order valence-electron chi connectivity index (χ1n) is 11.6. The molecule has 7 heteroatoms. The molecule has 2 atom stereocenters. The minimum absolute atomic E-state index is 0.0148. The monoisotopic (exact) mass is 530 g/mol. The minimum Gasteiger partial charge on any atom is -0.352 e. The van der Waals surface area contributed by atoms with Crippen molar-refractivity contribution in [3.8, 4) is 0 Å². The molecule has 0 unspecified atom stereocenters. The molecule has 0 aliphatic heterocycles. The van der Waals surface area contributed by atoms with Crippen LogP contribution in [0, 0.1) is 0 Å². The summed E-state index contributed by atoms with van der Waals surface area (Å²) >= 11 is 18.5. The summed E-state index contributed by atoms with van der Waals surface area (Å²) in [5.74, 6) is -0.378. The van der Waals surface area contributed by atoms with Crippen molar-refractivity contribution < 1.29 is 9.59 Å². The Morgan fingerprint density at radius 2 is 1.57 bits per heavy atom. The molecule has 3 rings (SSSR count). The van der Waals surface area contributed by atoms with Gasteiger partial charge in [0, 0.05) is 24.0 Å². The van der Waals surface area contributed by atoms with Gasteiger partial charge in [-0.15, -0.1) is 0 Å². The van der Waals surface area contributed by atoms with E-state index in [0.29, 0.717) is 21.5 Å². The normalized spacial score (nSPS) is 12.6. The first kappa shape index (κ1) is 27.1. The van der Waals surface area contributed by atoms with E-state index in [1.165, 1.54) is 0 Å². The second kappa shape index (κ2) is 13.0. The number of carbonyl (C=O) groups excluding carboxylic acids is 2. The zero-order chi connectivity index (χ0) is 25.4. The largest absolute Gasteiger partial charge is 0.352 e. The van der Waals surface area contributed by atoms with Gasteiger partial charge in [-0.05, 0) is 54.3 Å². The zero-order valence-corrected chi connectivity index (χ0v) is 22.1. The lowest BCUT2D eigenvalue weighted by atomic mass is 10.0. The highest BCUT2D eigenvalue weighted by molar-refractivity contribution is 6.42. The van der Waals surface area contributed by atoms with Crippen molar-refractivity contribution in [3.63, 3.8) is 0 Å². The highest BCUT2D eigenvalue weighted by Gasteiger charge is 2.31. The summed E-state index contributed by atoms with van der Waals surface area (Å²) in [6.07, 6.45) is 1.26. The molecule has 0 bridgehead atoms. The second-order valence-corrected chi connectivity index (χ2v) is 9.85. The number of carbonyl (C=O) groups is 2. The third-order valence-electron chi connectivity index (χ3n) is 5.85. The van der Waals surface area contributed by atoms with Crippen molar-refractivity contribution in [3.05, 3.63) is 105 Å². The fraction of sp³-hybridized carbons (Fsp3) is 0.286. The van der Waals surface area contributed by atoms with Gasteiger partial charge in [0.2, 0.25) is 11.8 Å². The number of hydrogen-bond donors (Lipinski definition) is 1. The average Bonchev–Trinajstić information content (AvgIpc) is 2.84. The number of rotatable bonds is 10. The molecule has 0 aliphatic rings. The summed E-state index contributed by atoms with van der Waals surface area (Å²) in [5.41, 5.74) is 2.53. The van der Waals surface area contributed by atoms with Crippen LogP contribution < -0.4 is 5.32 Å². The Hall–Kier alpha value is -2.53. The maximum atomic E-state index is 13.7. The van der Waals surface area contributed by atoms with E-state index in [9.17, 15) is 9.59 Å². The van der Waals surface area contributed by atoms with E-state index >= 15 is 0 Å². The Kier molecular flexibility index (Phi) is 10.0. The van der Waals surface area contributed by atoms with Crippen LogP contribution in [-0.2, 0) is 29.0 Å². The highest BCUT2D eigenvalue weighted by atomic mass is 35.5. The van der Waals surface area contributed by atoms with Crippen molar-refractivity contribution in [1.29, 1.82) is 0 Å². The molecule has 0 spiro atoms. The van der Waals surface area contributed by atoms with Crippen molar-refractivity contribution in [2.24, 2.45) is 0 Å². The van der Waals surface area contributed by atoms with Crippen LogP contribution in [0.1, 0.15) is 37.0 Å². The van der Waals surface area contributed by atoms with Crippen LogP contribution in [0.2, 0.25) is 15.1 Å². The summed E-state index contributed by atoms with van der Waals surface area (Å²) in [4.78, 5) is 28.9. The molecule has 0 saturated carbocycles. The van der Waals surface area contributed by atoms with E-state index < -0.39 is 6.04 Å².